The smallest absolute Gasteiger partial charge is 0.309 e. The molecular formula is C17H25NO3. The summed E-state index contributed by atoms with van der Waals surface area (Å²) in [7, 11) is 1.42. The molecule has 2 unspecified atom stereocenters. The molecule has 116 valence electrons. The first kappa shape index (κ1) is 16.0. The number of aliphatic hydroxyl groups is 1. The van der Waals surface area contributed by atoms with Crippen LogP contribution in [-0.2, 0) is 22.5 Å². The summed E-state index contributed by atoms with van der Waals surface area (Å²) in [6.45, 7) is 4.79. The molecule has 1 aromatic carbocycles. The standard InChI is InChI=1S/C17H25NO3/c1-3-13-11-18(9-8-16(13)19)12-15-7-5-4-6-14(15)10-17(20)21-2/h4-7,13,16,19H,3,8-12H2,1-2H3. The largest absolute Gasteiger partial charge is 0.469 e. The number of ether oxygens (including phenoxy) is 1. The monoisotopic (exact) mass is 291 g/mol. The molecule has 0 spiro atoms. The number of piperidine rings is 1. The topological polar surface area (TPSA) is 49.8 Å². The molecule has 2 atom stereocenters. The Morgan fingerprint density at radius 1 is 1.38 bits per heavy atom. The SMILES string of the molecule is CCC1CN(Cc2ccccc2CC(=O)OC)CCC1O. The van der Waals surface area contributed by atoms with E-state index in [0.29, 0.717) is 12.3 Å². The molecule has 0 bridgehead atoms. The number of carbonyl (C=O) groups excluding carboxylic acids is 1. The highest BCUT2D eigenvalue weighted by Crippen LogP contribution is 2.22. The van der Waals surface area contributed by atoms with Crippen LogP contribution in [0.15, 0.2) is 24.3 Å². The van der Waals surface area contributed by atoms with E-state index in [0.717, 1.165) is 38.0 Å². The maximum Gasteiger partial charge on any atom is 0.309 e. The van der Waals surface area contributed by atoms with Gasteiger partial charge in [0.15, 0.2) is 0 Å². The van der Waals surface area contributed by atoms with E-state index >= 15 is 0 Å². The van der Waals surface area contributed by atoms with Crippen molar-refractivity contribution >= 4 is 5.97 Å². The Morgan fingerprint density at radius 2 is 2.10 bits per heavy atom. The Bertz CT molecular complexity index is 475. The highest BCUT2D eigenvalue weighted by Gasteiger charge is 2.26. The number of hydrogen-bond acceptors (Lipinski definition) is 4. The number of rotatable bonds is 5. The van der Waals surface area contributed by atoms with Crippen LogP contribution in [0.3, 0.4) is 0 Å². The van der Waals surface area contributed by atoms with Crippen LogP contribution in [0.1, 0.15) is 30.9 Å². The summed E-state index contributed by atoms with van der Waals surface area (Å²) < 4.78 is 4.76. The number of nitrogens with zero attached hydrogens (tertiary/aromatic N) is 1. The molecule has 2 rings (SSSR count). The van der Waals surface area contributed by atoms with Gasteiger partial charge in [-0.15, -0.1) is 0 Å². The summed E-state index contributed by atoms with van der Waals surface area (Å²) in [6, 6.07) is 8.02. The second-order valence-electron chi connectivity index (χ2n) is 5.78. The first-order valence-corrected chi connectivity index (χ1v) is 7.68. The predicted molar refractivity (Wildman–Crippen MR) is 81.8 cm³/mol. The van der Waals surface area contributed by atoms with E-state index in [4.69, 9.17) is 4.74 Å². The summed E-state index contributed by atoms with van der Waals surface area (Å²) in [5.74, 6) is 0.148. The minimum Gasteiger partial charge on any atom is -0.469 e. The average Bonchev–Trinajstić information content (AvgIpc) is 2.51. The fourth-order valence-corrected chi connectivity index (χ4v) is 2.99. The first-order valence-electron chi connectivity index (χ1n) is 7.68. The minimum absolute atomic E-state index is 0.170. The summed E-state index contributed by atoms with van der Waals surface area (Å²) in [5.41, 5.74) is 2.21. The molecule has 1 aliphatic rings. The Kier molecular flexibility index (Phi) is 5.76. The molecule has 1 aliphatic heterocycles. The van der Waals surface area contributed by atoms with Gasteiger partial charge in [-0.25, -0.2) is 0 Å². The first-order chi connectivity index (χ1) is 10.1. The minimum atomic E-state index is -0.206. The van der Waals surface area contributed by atoms with Gasteiger partial charge in [-0.05, 0) is 29.9 Å². The van der Waals surface area contributed by atoms with E-state index < -0.39 is 0 Å². The highest BCUT2D eigenvalue weighted by atomic mass is 16.5. The maximum atomic E-state index is 11.5. The van der Waals surface area contributed by atoms with Crippen LogP contribution in [0, 0.1) is 5.92 Å². The number of aliphatic hydroxyl groups excluding tert-OH is 1. The van der Waals surface area contributed by atoms with Crippen molar-refractivity contribution in [2.45, 2.75) is 38.8 Å². The number of benzene rings is 1. The normalized spacial score (nSPS) is 23.0. The van der Waals surface area contributed by atoms with Crippen LogP contribution >= 0.6 is 0 Å². The van der Waals surface area contributed by atoms with Gasteiger partial charge in [-0.3, -0.25) is 9.69 Å². The summed E-state index contributed by atoms with van der Waals surface area (Å²) in [4.78, 5) is 13.9. The van der Waals surface area contributed by atoms with Gasteiger partial charge < -0.3 is 9.84 Å². The zero-order chi connectivity index (χ0) is 15.2. The van der Waals surface area contributed by atoms with Crippen molar-refractivity contribution in [1.29, 1.82) is 0 Å². The van der Waals surface area contributed by atoms with E-state index in [1.807, 2.05) is 18.2 Å². The van der Waals surface area contributed by atoms with Gasteiger partial charge in [-0.1, -0.05) is 31.2 Å². The molecule has 0 aliphatic carbocycles. The molecule has 1 aromatic rings. The Balaban J connectivity index is 2.04. The fourth-order valence-electron chi connectivity index (χ4n) is 2.99. The predicted octanol–water partition coefficient (Wildman–Crippen LogP) is 1.99. The Labute approximate surface area is 126 Å². The number of methoxy groups -OCH3 is 1. The van der Waals surface area contributed by atoms with Crippen LogP contribution in [0.5, 0.6) is 0 Å². The molecule has 0 amide bonds. The second kappa shape index (κ2) is 7.57. The number of carbonyl (C=O) groups is 1. The van der Waals surface area contributed by atoms with Crippen molar-refractivity contribution in [3.05, 3.63) is 35.4 Å². The number of hydrogen-bond donors (Lipinski definition) is 1. The summed E-state index contributed by atoms with van der Waals surface area (Å²) in [6.07, 6.45) is 1.98. The third kappa shape index (κ3) is 4.29. The molecule has 1 saturated heterocycles. The van der Waals surface area contributed by atoms with E-state index in [9.17, 15) is 9.90 Å². The van der Waals surface area contributed by atoms with Crippen LogP contribution in [-0.4, -0.2) is 42.3 Å². The van der Waals surface area contributed by atoms with Crippen molar-refractivity contribution in [2.24, 2.45) is 5.92 Å². The van der Waals surface area contributed by atoms with Crippen LogP contribution in [0.25, 0.3) is 0 Å². The van der Waals surface area contributed by atoms with E-state index in [1.165, 1.54) is 12.7 Å². The second-order valence-corrected chi connectivity index (χ2v) is 5.78. The lowest BCUT2D eigenvalue weighted by Crippen LogP contribution is -2.42. The van der Waals surface area contributed by atoms with Gasteiger partial charge in [0, 0.05) is 19.6 Å². The van der Waals surface area contributed by atoms with Gasteiger partial charge in [0.05, 0.1) is 19.6 Å². The van der Waals surface area contributed by atoms with Gasteiger partial charge in [-0.2, -0.15) is 0 Å². The van der Waals surface area contributed by atoms with Crippen LogP contribution in [0.2, 0.25) is 0 Å². The molecule has 4 nitrogen and oxygen atoms in total. The lowest BCUT2D eigenvalue weighted by molar-refractivity contribution is -0.139. The lowest BCUT2D eigenvalue weighted by atomic mass is 9.92. The summed E-state index contributed by atoms with van der Waals surface area (Å²) in [5, 5.41) is 9.97. The third-order valence-electron chi connectivity index (χ3n) is 4.38. The highest BCUT2D eigenvalue weighted by molar-refractivity contribution is 5.72. The Morgan fingerprint density at radius 3 is 2.76 bits per heavy atom. The molecule has 0 radical (unpaired) electrons. The van der Waals surface area contributed by atoms with Crippen molar-refractivity contribution in [3.8, 4) is 0 Å². The molecule has 1 N–H and O–H groups in total. The zero-order valence-electron chi connectivity index (χ0n) is 12.9. The molecule has 0 aromatic heterocycles. The van der Waals surface area contributed by atoms with E-state index in [-0.39, 0.29) is 12.1 Å². The molecule has 1 heterocycles. The van der Waals surface area contributed by atoms with Gasteiger partial charge in [0.1, 0.15) is 0 Å². The molecular weight excluding hydrogens is 266 g/mol. The number of esters is 1. The lowest BCUT2D eigenvalue weighted by Gasteiger charge is -2.36. The van der Waals surface area contributed by atoms with Gasteiger partial charge in [0.2, 0.25) is 0 Å². The van der Waals surface area contributed by atoms with E-state index in [1.54, 1.807) is 0 Å². The van der Waals surface area contributed by atoms with Crippen molar-refractivity contribution in [3.63, 3.8) is 0 Å². The quantitative estimate of drug-likeness (QED) is 0.843. The van der Waals surface area contributed by atoms with Crippen LogP contribution < -0.4 is 0 Å². The van der Waals surface area contributed by atoms with E-state index in [2.05, 4.69) is 17.9 Å². The van der Waals surface area contributed by atoms with Crippen molar-refractivity contribution < 1.29 is 14.6 Å². The number of likely N-dealkylation sites (tertiary alicyclic amines) is 1. The molecule has 4 heteroatoms. The van der Waals surface area contributed by atoms with Gasteiger partial charge >= 0.3 is 5.97 Å². The summed E-state index contributed by atoms with van der Waals surface area (Å²) >= 11 is 0. The van der Waals surface area contributed by atoms with Gasteiger partial charge in [0.25, 0.3) is 0 Å². The molecule has 0 saturated carbocycles. The fraction of sp³-hybridized carbons (Fsp3) is 0.588. The average molecular weight is 291 g/mol. The zero-order valence-corrected chi connectivity index (χ0v) is 12.9. The van der Waals surface area contributed by atoms with Crippen LogP contribution in [0.4, 0.5) is 0 Å². The molecule has 1 fully saturated rings. The maximum absolute atomic E-state index is 11.5. The van der Waals surface area contributed by atoms with Crippen molar-refractivity contribution in [2.75, 3.05) is 20.2 Å². The third-order valence-corrected chi connectivity index (χ3v) is 4.38. The molecule has 21 heavy (non-hydrogen) atoms. The Hall–Kier alpha value is -1.39. The van der Waals surface area contributed by atoms with Crippen molar-refractivity contribution in [1.82, 2.24) is 4.90 Å².